The van der Waals surface area contributed by atoms with Gasteiger partial charge >= 0.3 is 0 Å². The zero-order valence-electron chi connectivity index (χ0n) is 17.5. The van der Waals surface area contributed by atoms with Crippen molar-refractivity contribution in [1.82, 2.24) is 0 Å². The summed E-state index contributed by atoms with van der Waals surface area (Å²) in [6, 6.07) is 16.7. The van der Waals surface area contributed by atoms with E-state index in [4.69, 9.17) is 4.12 Å². The number of benzene rings is 2. The van der Waals surface area contributed by atoms with E-state index in [2.05, 4.69) is 62.6 Å². The molecule has 0 bridgehead atoms. The van der Waals surface area contributed by atoms with E-state index in [-0.39, 0.29) is 0 Å². The van der Waals surface area contributed by atoms with E-state index in [0.29, 0.717) is 0 Å². The summed E-state index contributed by atoms with van der Waals surface area (Å²) in [4.78, 5) is 0. The van der Waals surface area contributed by atoms with Gasteiger partial charge < -0.3 is 4.12 Å². The van der Waals surface area contributed by atoms with Crippen LogP contribution in [0.4, 0.5) is 0 Å². The molecule has 0 aliphatic heterocycles. The van der Waals surface area contributed by atoms with E-state index in [9.17, 15) is 0 Å². The predicted octanol–water partition coefficient (Wildman–Crippen LogP) is 6.10. The molecule has 0 amide bonds. The number of aryl methyl sites for hydroxylation is 6. The molecule has 0 saturated carbocycles. The first kappa shape index (κ1) is 19.2. The van der Waals surface area contributed by atoms with E-state index < -0.39 is 16.6 Å². The topological polar surface area (TPSA) is 9.23 Å². The molecular weight excluding hydrogens is 360 g/mol. The number of rotatable bonds is 8. The van der Waals surface area contributed by atoms with Gasteiger partial charge in [-0.15, -0.1) is 0 Å². The van der Waals surface area contributed by atoms with Gasteiger partial charge in [-0.2, -0.15) is 0 Å². The molecule has 0 spiro atoms. The quantitative estimate of drug-likeness (QED) is 0.492. The molecule has 27 heavy (non-hydrogen) atoms. The van der Waals surface area contributed by atoms with E-state index in [1.54, 1.807) is 22.3 Å². The second-order valence-electron chi connectivity index (χ2n) is 9.83. The zero-order chi connectivity index (χ0) is 19.1. The van der Waals surface area contributed by atoms with Crippen LogP contribution in [0.15, 0.2) is 36.4 Å². The fourth-order valence-corrected chi connectivity index (χ4v) is 13.1. The molecular formula is C24H34OSi2. The molecule has 2 aliphatic carbocycles. The smallest absolute Gasteiger partial charge is 0.173 e. The minimum atomic E-state index is -1.62. The van der Waals surface area contributed by atoms with Gasteiger partial charge in [0.15, 0.2) is 16.6 Å². The summed E-state index contributed by atoms with van der Waals surface area (Å²) < 4.78 is 6.88. The lowest BCUT2D eigenvalue weighted by molar-refractivity contribution is 0.535. The maximum atomic E-state index is 6.88. The van der Waals surface area contributed by atoms with Gasteiger partial charge in [-0.3, -0.25) is 0 Å². The van der Waals surface area contributed by atoms with Crippen molar-refractivity contribution in [3.05, 3.63) is 69.8 Å². The summed E-state index contributed by atoms with van der Waals surface area (Å²) in [5.41, 5.74) is 9.33. The third-order valence-electron chi connectivity index (χ3n) is 6.45. The van der Waals surface area contributed by atoms with Crippen LogP contribution in [0.25, 0.3) is 0 Å². The van der Waals surface area contributed by atoms with E-state index in [1.165, 1.54) is 61.7 Å². The molecule has 2 aliphatic rings. The lowest BCUT2D eigenvalue weighted by Crippen LogP contribution is -2.44. The Hall–Kier alpha value is -1.17. The van der Waals surface area contributed by atoms with Crippen molar-refractivity contribution in [2.24, 2.45) is 0 Å². The van der Waals surface area contributed by atoms with Crippen LogP contribution in [0.3, 0.4) is 0 Å². The molecule has 3 heteroatoms. The van der Waals surface area contributed by atoms with Gasteiger partial charge in [-0.1, -0.05) is 36.4 Å². The van der Waals surface area contributed by atoms with Gasteiger partial charge in [0.05, 0.1) is 0 Å². The Balaban J connectivity index is 1.29. The molecule has 2 aromatic carbocycles. The van der Waals surface area contributed by atoms with Crippen LogP contribution in [-0.2, 0) is 42.6 Å². The molecule has 0 atom stereocenters. The average molecular weight is 395 g/mol. The lowest BCUT2D eigenvalue weighted by atomic mass is 9.87. The Morgan fingerprint density at radius 1 is 0.630 bits per heavy atom. The van der Waals surface area contributed by atoms with Crippen LogP contribution >= 0.6 is 0 Å². The highest BCUT2D eigenvalue weighted by atomic mass is 28.4. The lowest BCUT2D eigenvalue weighted by Gasteiger charge is -2.34. The van der Waals surface area contributed by atoms with Gasteiger partial charge in [0.2, 0.25) is 0 Å². The number of fused-ring (bicyclic) bond motifs is 2. The van der Waals surface area contributed by atoms with Crippen LogP contribution in [0, 0.1) is 0 Å². The second kappa shape index (κ2) is 7.34. The highest BCUT2D eigenvalue weighted by Gasteiger charge is 2.32. The SMILES string of the molecule is C[Si](C)(CCc1ccc2c(c1)CC2)O[Si](C)(C)CCc1ccc2c(c1)CC2. The fourth-order valence-electron chi connectivity index (χ4n) is 4.55. The third-order valence-corrected chi connectivity index (χ3v) is 13.8. The van der Waals surface area contributed by atoms with Crippen molar-refractivity contribution in [1.29, 1.82) is 0 Å². The van der Waals surface area contributed by atoms with Gasteiger partial charge in [-0.05, 0) is 110 Å². The first-order valence-corrected chi connectivity index (χ1v) is 16.9. The highest BCUT2D eigenvalue weighted by Crippen LogP contribution is 2.29. The van der Waals surface area contributed by atoms with Crippen LogP contribution in [0.2, 0.25) is 38.3 Å². The average Bonchev–Trinajstić information content (AvgIpc) is 2.54. The molecule has 0 radical (unpaired) electrons. The maximum absolute atomic E-state index is 6.88. The van der Waals surface area contributed by atoms with E-state index in [0.717, 1.165) is 0 Å². The molecule has 0 aromatic heterocycles. The Morgan fingerprint density at radius 3 is 1.37 bits per heavy atom. The minimum Gasteiger partial charge on any atom is -0.455 e. The summed E-state index contributed by atoms with van der Waals surface area (Å²) in [6.07, 6.45) is 7.49. The summed E-state index contributed by atoms with van der Waals surface area (Å²) >= 11 is 0. The Bertz CT molecular complexity index is 769. The summed E-state index contributed by atoms with van der Waals surface area (Å²) in [7, 11) is -3.24. The summed E-state index contributed by atoms with van der Waals surface area (Å²) in [5, 5.41) is 0. The van der Waals surface area contributed by atoms with Crippen LogP contribution in [-0.4, -0.2) is 16.6 Å². The zero-order valence-corrected chi connectivity index (χ0v) is 19.5. The molecule has 1 nitrogen and oxygen atoms in total. The van der Waals surface area contributed by atoms with Crippen molar-refractivity contribution in [3.63, 3.8) is 0 Å². The van der Waals surface area contributed by atoms with Crippen molar-refractivity contribution in [3.8, 4) is 0 Å². The highest BCUT2D eigenvalue weighted by molar-refractivity contribution is 6.84. The van der Waals surface area contributed by atoms with Crippen molar-refractivity contribution >= 4 is 16.6 Å². The summed E-state index contributed by atoms with van der Waals surface area (Å²) in [6.45, 7) is 9.70. The van der Waals surface area contributed by atoms with Gasteiger partial charge in [0.1, 0.15) is 0 Å². The molecule has 0 heterocycles. The molecule has 2 aromatic rings. The third kappa shape index (κ3) is 4.64. The normalized spacial score (nSPS) is 15.6. The molecule has 144 valence electrons. The standard InChI is InChI=1S/C24H34OSi2/c1-26(2,15-13-19-5-7-21-9-11-23(21)17-19)25-27(3,4)16-14-20-6-8-22-10-12-24(22)18-20/h5-8,17-18H,9-16H2,1-4H3. The van der Waals surface area contributed by atoms with E-state index in [1.807, 2.05) is 0 Å². The minimum absolute atomic E-state index is 1.18. The van der Waals surface area contributed by atoms with E-state index >= 15 is 0 Å². The predicted molar refractivity (Wildman–Crippen MR) is 121 cm³/mol. The monoisotopic (exact) mass is 394 g/mol. The van der Waals surface area contributed by atoms with Gasteiger partial charge in [-0.25, -0.2) is 0 Å². The largest absolute Gasteiger partial charge is 0.455 e. The Kier molecular flexibility index (Phi) is 5.21. The van der Waals surface area contributed by atoms with Crippen LogP contribution in [0.1, 0.15) is 33.4 Å². The summed E-state index contributed by atoms with van der Waals surface area (Å²) in [5.74, 6) is 0. The first-order chi connectivity index (χ1) is 12.8. The maximum Gasteiger partial charge on any atom is 0.173 e. The number of hydrogen-bond acceptors (Lipinski definition) is 1. The van der Waals surface area contributed by atoms with Crippen LogP contribution in [0.5, 0.6) is 0 Å². The number of hydrogen-bond donors (Lipinski definition) is 0. The van der Waals surface area contributed by atoms with Gasteiger partial charge in [0, 0.05) is 0 Å². The van der Waals surface area contributed by atoms with Crippen molar-refractivity contribution in [2.75, 3.05) is 0 Å². The molecule has 0 unspecified atom stereocenters. The Morgan fingerprint density at radius 2 is 1.04 bits per heavy atom. The first-order valence-electron chi connectivity index (χ1n) is 10.7. The molecule has 0 fully saturated rings. The van der Waals surface area contributed by atoms with Crippen molar-refractivity contribution in [2.45, 2.75) is 76.8 Å². The van der Waals surface area contributed by atoms with Crippen molar-refractivity contribution < 1.29 is 4.12 Å². The fraction of sp³-hybridized carbons (Fsp3) is 0.500. The van der Waals surface area contributed by atoms with Crippen LogP contribution < -0.4 is 0 Å². The Labute approximate surface area is 167 Å². The molecule has 0 N–H and O–H groups in total. The molecule has 0 saturated heterocycles. The van der Waals surface area contributed by atoms with Gasteiger partial charge in [0.25, 0.3) is 0 Å². The second-order valence-corrected chi connectivity index (χ2v) is 18.7. The molecule has 4 rings (SSSR count).